The van der Waals surface area contributed by atoms with Crippen molar-refractivity contribution in [3.63, 3.8) is 0 Å². The molecule has 3 nitrogen and oxygen atoms in total. The van der Waals surface area contributed by atoms with Crippen molar-refractivity contribution in [3.8, 4) is 11.3 Å². The smallest absolute Gasteiger partial charge is 0.150 e. The molecule has 0 aliphatic carbocycles. The van der Waals surface area contributed by atoms with Crippen molar-refractivity contribution in [1.82, 2.24) is 9.97 Å². The van der Waals surface area contributed by atoms with Gasteiger partial charge >= 0.3 is 0 Å². The molecule has 1 aromatic carbocycles. The van der Waals surface area contributed by atoms with Gasteiger partial charge in [0.2, 0.25) is 0 Å². The van der Waals surface area contributed by atoms with Crippen molar-refractivity contribution in [2.75, 3.05) is 5.73 Å². The summed E-state index contributed by atoms with van der Waals surface area (Å²) in [5.41, 5.74) is 7.10. The lowest BCUT2D eigenvalue weighted by Crippen LogP contribution is -1.96. The largest absolute Gasteiger partial charge is 0.382 e. The van der Waals surface area contributed by atoms with Crippen molar-refractivity contribution < 1.29 is 0 Å². The highest BCUT2D eigenvalue weighted by Crippen LogP contribution is 2.31. The van der Waals surface area contributed by atoms with E-state index in [9.17, 15) is 0 Å². The van der Waals surface area contributed by atoms with Crippen molar-refractivity contribution in [1.29, 1.82) is 0 Å². The van der Waals surface area contributed by atoms with Crippen molar-refractivity contribution in [2.24, 2.45) is 0 Å². The van der Waals surface area contributed by atoms with Crippen molar-refractivity contribution in [3.05, 3.63) is 40.1 Å². The molecular formula is C10H7BrClN3. The van der Waals surface area contributed by atoms with Gasteiger partial charge in [0.1, 0.15) is 11.5 Å². The predicted octanol–water partition coefficient (Wildman–Crippen LogP) is 3.14. The maximum atomic E-state index is 6.06. The van der Waals surface area contributed by atoms with Crippen LogP contribution >= 0.6 is 27.5 Å². The van der Waals surface area contributed by atoms with Crippen molar-refractivity contribution >= 4 is 33.3 Å². The molecule has 2 aromatic rings. The molecule has 0 aliphatic rings. The first-order valence-electron chi connectivity index (χ1n) is 4.20. The fourth-order valence-electron chi connectivity index (χ4n) is 1.24. The topological polar surface area (TPSA) is 51.8 Å². The minimum absolute atomic E-state index is 0.373. The van der Waals surface area contributed by atoms with Gasteiger partial charge in [-0.05, 0) is 18.2 Å². The minimum atomic E-state index is 0.373. The van der Waals surface area contributed by atoms with E-state index >= 15 is 0 Å². The van der Waals surface area contributed by atoms with E-state index in [0.717, 1.165) is 10.0 Å². The number of rotatable bonds is 1. The van der Waals surface area contributed by atoms with E-state index in [2.05, 4.69) is 25.9 Å². The number of halogens is 2. The summed E-state index contributed by atoms with van der Waals surface area (Å²) in [5, 5.41) is 0.602. The third-order valence-corrected chi connectivity index (χ3v) is 2.73. The summed E-state index contributed by atoms with van der Waals surface area (Å²) in [6.45, 7) is 0. The molecule has 1 aromatic heterocycles. The number of hydrogen-bond acceptors (Lipinski definition) is 3. The first kappa shape index (κ1) is 10.4. The molecule has 0 saturated heterocycles. The molecule has 0 radical (unpaired) electrons. The van der Waals surface area contributed by atoms with E-state index in [1.54, 1.807) is 18.5 Å². The van der Waals surface area contributed by atoms with Crippen LogP contribution in [0.25, 0.3) is 11.3 Å². The highest BCUT2D eigenvalue weighted by atomic mass is 79.9. The molecular weight excluding hydrogens is 277 g/mol. The normalized spacial score (nSPS) is 10.3. The summed E-state index contributed by atoms with van der Waals surface area (Å²) >= 11 is 9.43. The lowest BCUT2D eigenvalue weighted by atomic mass is 10.1. The minimum Gasteiger partial charge on any atom is -0.382 e. The monoisotopic (exact) mass is 283 g/mol. The Morgan fingerprint density at radius 3 is 2.67 bits per heavy atom. The summed E-state index contributed by atoms with van der Waals surface area (Å²) in [5.74, 6) is 0.373. The van der Waals surface area contributed by atoms with E-state index in [1.165, 1.54) is 0 Å². The van der Waals surface area contributed by atoms with E-state index in [0.29, 0.717) is 16.5 Å². The van der Waals surface area contributed by atoms with Gasteiger partial charge in [-0.25, -0.2) is 4.98 Å². The van der Waals surface area contributed by atoms with Crippen LogP contribution in [-0.2, 0) is 0 Å². The number of anilines is 1. The molecule has 0 aliphatic heterocycles. The first-order chi connectivity index (χ1) is 7.18. The Kier molecular flexibility index (Phi) is 2.88. The van der Waals surface area contributed by atoms with Crippen LogP contribution in [0, 0.1) is 0 Å². The molecule has 0 fully saturated rings. The molecule has 1 heterocycles. The zero-order valence-corrected chi connectivity index (χ0v) is 9.96. The molecule has 0 saturated carbocycles. The first-order valence-corrected chi connectivity index (χ1v) is 5.37. The maximum absolute atomic E-state index is 6.06. The fraction of sp³-hybridized carbons (Fsp3) is 0. The zero-order chi connectivity index (χ0) is 10.8. The van der Waals surface area contributed by atoms with Gasteiger partial charge in [0.15, 0.2) is 0 Å². The van der Waals surface area contributed by atoms with Crippen LogP contribution in [0.2, 0.25) is 5.02 Å². The van der Waals surface area contributed by atoms with E-state index < -0.39 is 0 Å². The van der Waals surface area contributed by atoms with Crippen molar-refractivity contribution in [2.45, 2.75) is 0 Å². The van der Waals surface area contributed by atoms with Crippen LogP contribution in [0.4, 0.5) is 5.82 Å². The molecule has 76 valence electrons. The molecule has 0 bridgehead atoms. The molecule has 0 amide bonds. The SMILES string of the molecule is Nc1nccnc1-c1cc(Br)ccc1Cl. The Labute approximate surface area is 100 Å². The van der Waals surface area contributed by atoms with Crippen LogP contribution in [0.5, 0.6) is 0 Å². The summed E-state index contributed by atoms with van der Waals surface area (Å²) in [4.78, 5) is 8.13. The lowest BCUT2D eigenvalue weighted by molar-refractivity contribution is 1.21. The summed E-state index contributed by atoms with van der Waals surface area (Å²) in [7, 11) is 0. The van der Waals surface area contributed by atoms with Crippen LogP contribution in [0.3, 0.4) is 0 Å². The number of nitrogens with two attached hydrogens (primary N) is 1. The summed E-state index contributed by atoms with van der Waals surface area (Å²) in [6.07, 6.45) is 3.13. The quantitative estimate of drug-likeness (QED) is 0.875. The van der Waals surface area contributed by atoms with Gasteiger partial charge in [-0.15, -0.1) is 0 Å². The average molecular weight is 285 g/mol. The fourth-order valence-corrected chi connectivity index (χ4v) is 1.80. The van der Waals surface area contributed by atoms with Gasteiger partial charge in [-0.2, -0.15) is 0 Å². The molecule has 15 heavy (non-hydrogen) atoms. The lowest BCUT2D eigenvalue weighted by Gasteiger charge is -2.05. The van der Waals surface area contributed by atoms with Crippen LogP contribution < -0.4 is 5.73 Å². The van der Waals surface area contributed by atoms with Gasteiger partial charge in [0, 0.05) is 22.4 Å². The number of hydrogen-bond donors (Lipinski definition) is 1. The van der Waals surface area contributed by atoms with E-state index in [4.69, 9.17) is 17.3 Å². The maximum Gasteiger partial charge on any atom is 0.150 e. The summed E-state index contributed by atoms with van der Waals surface area (Å²) in [6, 6.07) is 5.51. The molecule has 0 spiro atoms. The molecule has 2 rings (SSSR count). The molecule has 5 heteroatoms. The summed E-state index contributed by atoms with van der Waals surface area (Å²) < 4.78 is 0.923. The number of aromatic nitrogens is 2. The second-order valence-corrected chi connectivity index (χ2v) is 4.24. The highest BCUT2D eigenvalue weighted by Gasteiger charge is 2.09. The molecule has 0 unspecified atom stereocenters. The van der Waals surface area contributed by atoms with E-state index in [-0.39, 0.29) is 0 Å². The Hall–Kier alpha value is -1.13. The number of nitrogens with zero attached hydrogens (tertiary/aromatic N) is 2. The molecule has 0 atom stereocenters. The van der Waals surface area contributed by atoms with Gasteiger partial charge in [-0.1, -0.05) is 27.5 Å². The van der Waals surface area contributed by atoms with Gasteiger partial charge in [0.25, 0.3) is 0 Å². The zero-order valence-electron chi connectivity index (χ0n) is 7.61. The second-order valence-electron chi connectivity index (χ2n) is 2.91. The van der Waals surface area contributed by atoms with Gasteiger partial charge < -0.3 is 5.73 Å². The second kappa shape index (κ2) is 4.16. The van der Waals surface area contributed by atoms with Crippen LogP contribution in [0.1, 0.15) is 0 Å². The number of nitrogen functional groups attached to an aromatic ring is 1. The van der Waals surface area contributed by atoms with E-state index in [1.807, 2.05) is 12.1 Å². The molecule has 2 N–H and O–H groups in total. The third kappa shape index (κ3) is 2.11. The van der Waals surface area contributed by atoms with Crippen LogP contribution in [-0.4, -0.2) is 9.97 Å². The van der Waals surface area contributed by atoms with Gasteiger partial charge in [-0.3, -0.25) is 4.98 Å². The Balaban J connectivity index is 2.64. The Morgan fingerprint density at radius 2 is 1.93 bits per heavy atom. The number of benzene rings is 1. The highest BCUT2D eigenvalue weighted by molar-refractivity contribution is 9.10. The Bertz CT molecular complexity index is 502. The van der Waals surface area contributed by atoms with Crippen LogP contribution in [0.15, 0.2) is 35.1 Å². The predicted molar refractivity (Wildman–Crippen MR) is 64.6 cm³/mol. The third-order valence-electron chi connectivity index (χ3n) is 1.91. The Morgan fingerprint density at radius 1 is 1.20 bits per heavy atom. The average Bonchev–Trinajstić information content (AvgIpc) is 2.23. The standard InChI is InChI=1S/C10H7BrClN3/c11-6-1-2-8(12)7(5-6)9-10(13)15-4-3-14-9/h1-5H,(H2,13,15). The van der Waals surface area contributed by atoms with Gasteiger partial charge in [0.05, 0.1) is 5.02 Å².